The molecular formula is C33H42O2. The molecule has 0 aliphatic carbocycles. The Kier molecular flexibility index (Phi) is 8.38. The molecule has 0 aliphatic heterocycles. The first-order chi connectivity index (χ1) is 16.6. The molecule has 0 saturated carbocycles. The van der Waals surface area contributed by atoms with Crippen LogP contribution in [0.4, 0.5) is 0 Å². The van der Waals surface area contributed by atoms with Crippen LogP contribution in [0.15, 0.2) is 60.7 Å². The van der Waals surface area contributed by atoms with Crippen LogP contribution in [0.3, 0.4) is 0 Å². The zero-order valence-electron chi connectivity index (χ0n) is 22.6. The maximum Gasteiger partial charge on any atom is 0.150 e. The van der Waals surface area contributed by atoms with Gasteiger partial charge >= 0.3 is 0 Å². The van der Waals surface area contributed by atoms with Gasteiger partial charge in [-0.2, -0.15) is 0 Å². The van der Waals surface area contributed by atoms with Crippen LogP contribution in [0.2, 0.25) is 0 Å². The van der Waals surface area contributed by atoms with Crippen LogP contribution in [0.25, 0.3) is 11.1 Å². The summed E-state index contributed by atoms with van der Waals surface area (Å²) in [5.74, 6) is 0. The van der Waals surface area contributed by atoms with Crippen molar-refractivity contribution in [3.63, 3.8) is 0 Å². The van der Waals surface area contributed by atoms with Crippen molar-refractivity contribution in [1.29, 1.82) is 0 Å². The van der Waals surface area contributed by atoms with Crippen molar-refractivity contribution < 1.29 is 9.90 Å². The van der Waals surface area contributed by atoms with Crippen LogP contribution >= 0.6 is 0 Å². The smallest absolute Gasteiger partial charge is 0.150 e. The second-order valence-corrected chi connectivity index (χ2v) is 11.1. The summed E-state index contributed by atoms with van der Waals surface area (Å²) in [6.07, 6.45) is 4.31. The molecule has 0 radical (unpaired) electrons. The lowest BCUT2D eigenvalue weighted by molar-refractivity contribution is 0.0559. The summed E-state index contributed by atoms with van der Waals surface area (Å²) in [6, 6.07) is 21.6. The van der Waals surface area contributed by atoms with Crippen LogP contribution < -0.4 is 0 Å². The standard InChI is InChI=1S/C33H42O2/c1-8-33(9-2,28-16-14-26(23(3)20-28)15-19-31(35)32(5,6)7)29-17-18-30(24(4)21-29)27-12-10-25(22-34)11-13-27/h10-14,16-18,20-22,31,35H,8-9,15,19H2,1-7H3. The maximum absolute atomic E-state index is 11.0. The fourth-order valence-electron chi connectivity index (χ4n) is 5.26. The Hall–Kier alpha value is -2.71. The molecule has 3 rings (SSSR count). The molecule has 1 unspecified atom stereocenters. The number of hydrogen-bond donors (Lipinski definition) is 1. The number of carbonyl (C=O) groups excluding carboxylic acids is 1. The highest BCUT2D eigenvalue weighted by molar-refractivity contribution is 5.77. The summed E-state index contributed by atoms with van der Waals surface area (Å²) in [6.45, 7) is 15.2. The molecule has 0 amide bonds. The third-order valence-electron chi connectivity index (χ3n) is 7.93. The normalized spacial score (nSPS) is 13.0. The minimum absolute atomic E-state index is 0.0428. The molecule has 2 nitrogen and oxygen atoms in total. The van der Waals surface area contributed by atoms with Crippen molar-refractivity contribution in [1.82, 2.24) is 0 Å². The Morgan fingerprint density at radius 1 is 0.829 bits per heavy atom. The van der Waals surface area contributed by atoms with E-state index >= 15 is 0 Å². The predicted octanol–water partition coefficient (Wildman–Crippen LogP) is 8.23. The second-order valence-electron chi connectivity index (χ2n) is 11.1. The summed E-state index contributed by atoms with van der Waals surface area (Å²) in [5.41, 5.74) is 9.50. The molecule has 3 aromatic carbocycles. The van der Waals surface area contributed by atoms with Gasteiger partial charge in [-0.15, -0.1) is 0 Å². The molecule has 2 heteroatoms. The van der Waals surface area contributed by atoms with E-state index in [2.05, 4.69) is 84.9 Å². The number of aliphatic hydroxyl groups is 1. The highest BCUT2D eigenvalue weighted by atomic mass is 16.3. The Bertz CT molecular complexity index is 1140. The molecule has 3 aromatic rings. The summed E-state index contributed by atoms with van der Waals surface area (Å²) in [4.78, 5) is 11.0. The van der Waals surface area contributed by atoms with E-state index in [1.165, 1.54) is 33.4 Å². The number of carbonyl (C=O) groups is 1. The van der Waals surface area contributed by atoms with Gasteiger partial charge in [0.2, 0.25) is 0 Å². The van der Waals surface area contributed by atoms with Gasteiger partial charge in [0.05, 0.1) is 6.10 Å². The Balaban J connectivity index is 1.93. The number of aliphatic hydroxyl groups excluding tert-OH is 1. The number of rotatable bonds is 9. The summed E-state index contributed by atoms with van der Waals surface area (Å²) in [7, 11) is 0. The van der Waals surface area contributed by atoms with Crippen molar-refractivity contribution >= 4 is 6.29 Å². The fourth-order valence-corrected chi connectivity index (χ4v) is 5.26. The molecule has 0 aromatic heterocycles. The maximum atomic E-state index is 11.0. The highest BCUT2D eigenvalue weighted by Crippen LogP contribution is 2.41. The highest BCUT2D eigenvalue weighted by Gasteiger charge is 2.31. The molecule has 0 aliphatic rings. The summed E-state index contributed by atoms with van der Waals surface area (Å²) in [5, 5.41) is 10.5. The number of hydrogen-bond acceptors (Lipinski definition) is 2. The van der Waals surface area contributed by atoms with E-state index in [1.54, 1.807) is 0 Å². The predicted molar refractivity (Wildman–Crippen MR) is 148 cm³/mol. The molecule has 0 saturated heterocycles. The molecule has 1 N–H and O–H groups in total. The van der Waals surface area contributed by atoms with E-state index in [0.717, 1.165) is 37.5 Å². The molecule has 186 valence electrons. The van der Waals surface area contributed by atoms with Gasteiger partial charge in [-0.05, 0) is 83.9 Å². The zero-order chi connectivity index (χ0) is 25.8. The van der Waals surface area contributed by atoms with Gasteiger partial charge in [-0.3, -0.25) is 4.79 Å². The Morgan fingerprint density at radius 3 is 1.89 bits per heavy atom. The average Bonchev–Trinajstić information content (AvgIpc) is 2.84. The van der Waals surface area contributed by atoms with E-state index in [4.69, 9.17) is 0 Å². The number of benzene rings is 3. The largest absolute Gasteiger partial charge is 0.393 e. The third kappa shape index (κ3) is 5.76. The first kappa shape index (κ1) is 26.9. The summed E-state index contributed by atoms with van der Waals surface area (Å²) < 4.78 is 0. The molecule has 35 heavy (non-hydrogen) atoms. The Labute approximate surface area is 212 Å². The van der Waals surface area contributed by atoms with Crippen molar-refractivity contribution in [2.45, 2.75) is 85.7 Å². The van der Waals surface area contributed by atoms with Gasteiger partial charge in [0, 0.05) is 11.0 Å². The number of aryl methyl sites for hydroxylation is 3. The van der Waals surface area contributed by atoms with Crippen molar-refractivity contribution in [2.75, 3.05) is 0 Å². The second kappa shape index (κ2) is 10.9. The lowest BCUT2D eigenvalue weighted by Gasteiger charge is -2.34. The van der Waals surface area contributed by atoms with Gasteiger partial charge in [0.25, 0.3) is 0 Å². The SMILES string of the molecule is CCC(CC)(c1ccc(CCC(O)C(C)(C)C)c(C)c1)c1ccc(-c2ccc(C=O)cc2)c(C)c1. The lowest BCUT2D eigenvalue weighted by atomic mass is 9.69. The van der Waals surface area contributed by atoms with Gasteiger partial charge in [-0.1, -0.05) is 95.3 Å². The monoisotopic (exact) mass is 470 g/mol. The third-order valence-corrected chi connectivity index (χ3v) is 7.93. The first-order valence-corrected chi connectivity index (χ1v) is 13.0. The van der Waals surface area contributed by atoms with E-state index < -0.39 is 0 Å². The first-order valence-electron chi connectivity index (χ1n) is 13.0. The molecule has 1 atom stereocenters. The van der Waals surface area contributed by atoms with Gasteiger partial charge in [0.1, 0.15) is 6.29 Å². The summed E-state index contributed by atoms with van der Waals surface area (Å²) >= 11 is 0. The average molecular weight is 471 g/mol. The van der Waals surface area contributed by atoms with Crippen LogP contribution in [0, 0.1) is 19.3 Å². The van der Waals surface area contributed by atoms with Gasteiger partial charge < -0.3 is 5.11 Å². The Morgan fingerprint density at radius 2 is 1.40 bits per heavy atom. The lowest BCUT2D eigenvalue weighted by Crippen LogP contribution is -2.27. The van der Waals surface area contributed by atoms with Crippen LogP contribution in [-0.2, 0) is 11.8 Å². The van der Waals surface area contributed by atoms with Crippen molar-refractivity contribution in [3.05, 3.63) is 94.0 Å². The van der Waals surface area contributed by atoms with Crippen LogP contribution in [0.5, 0.6) is 0 Å². The topological polar surface area (TPSA) is 37.3 Å². The van der Waals surface area contributed by atoms with Gasteiger partial charge in [0.15, 0.2) is 0 Å². The van der Waals surface area contributed by atoms with Crippen molar-refractivity contribution in [3.8, 4) is 11.1 Å². The van der Waals surface area contributed by atoms with E-state index in [9.17, 15) is 9.90 Å². The van der Waals surface area contributed by atoms with Crippen LogP contribution in [-0.4, -0.2) is 17.5 Å². The quantitative estimate of drug-likeness (QED) is 0.320. The minimum Gasteiger partial charge on any atom is -0.393 e. The molecular weight excluding hydrogens is 428 g/mol. The van der Waals surface area contributed by atoms with Crippen LogP contribution in [0.1, 0.15) is 92.1 Å². The van der Waals surface area contributed by atoms with Gasteiger partial charge in [-0.25, -0.2) is 0 Å². The number of aldehydes is 1. The molecule has 0 heterocycles. The fraction of sp³-hybridized carbons (Fsp3) is 0.424. The molecule has 0 bridgehead atoms. The minimum atomic E-state index is -0.303. The van der Waals surface area contributed by atoms with Crippen molar-refractivity contribution in [2.24, 2.45) is 5.41 Å². The zero-order valence-corrected chi connectivity index (χ0v) is 22.6. The van der Waals surface area contributed by atoms with E-state index in [1.807, 2.05) is 24.3 Å². The van der Waals surface area contributed by atoms with E-state index in [0.29, 0.717) is 5.56 Å². The van der Waals surface area contributed by atoms with E-state index in [-0.39, 0.29) is 16.9 Å². The molecule has 0 spiro atoms. The molecule has 0 fully saturated rings.